The summed E-state index contributed by atoms with van der Waals surface area (Å²) < 4.78 is 73.7. The highest BCUT2D eigenvalue weighted by Crippen LogP contribution is 2.28. The van der Waals surface area contributed by atoms with E-state index in [0.717, 1.165) is 0 Å². The predicted molar refractivity (Wildman–Crippen MR) is 51.8 cm³/mol. The molecule has 2 aromatic rings. The van der Waals surface area contributed by atoms with Gasteiger partial charge >= 0.3 is 18.4 Å². The molecule has 0 aliphatic rings. The minimum Gasteiger partial charge on any atom is -0.297 e. The molecule has 0 aromatic carbocycles. The Labute approximate surface area is 111 Å². The van der Waals surface area contributed by atoms with Gasteiger partial charge in [-0.05, 0) is 12.1 Å². The van der Waals surface area contributed by atoms with E-state index < -0.39 is 29.8 Å². The van der Waals surface area contributed by atoms with Crippen LogP contribution in [0.4, 0.5) is 31.1 Å². The number of carbonyl (C=O) groups excluding carboxylic acids is 1. The molecule has 12 heteroatoms. The third-order valence-corrected chi connectivity index (χ3v) is 2.09. The van der Waals surface area contributed by atoms with Crippen LogP contribution in [0.25, 0.3) is 0 Å². The third kappa shape index (κ3) is 3.32. The van der Waals surface area contributed by atoms with Gasteiger partial charge in [0.2, 0.25) is 0 Å². The van der Waals surface area contributed by atoms with E-state index in [9.17, 15) is 31.1 Å². The summed E-state index contributed by atoms with van der Waals surface area (Å²) >= 11 is 0. The van der Waals surface area contributed by atoms with Crippen LogP contribution < -0.4 is 4.84 Å². The van der Waals surface area contributed by atoms with Gasteiger partial charge in [-0.25, -0.2) is 4.79 Å². The summed E-state index contributed by atoms with van der Waals surface area (Å²) in [4.78, 5) is 15.9. The zero-order chi connectivity index (χ0) is 15.8. The highest BCUT2D eigenvalue weighted by atomic mass is 19.4. The zero-order valence-electron chi connectivity index (χ0n) is 9.68. The third-order valence-electron chi connectivity index (χ3n) is 2.09. The van der Waals surface area contributed by atoms with E-state index in [2.05, 4.69) is 15.0 Å². The second-order valence-electron chi connectivity index (χ2n) is 3.60. The SMILES string of the molecule is O=C(On1ccc(C(F)(F)F)n1)n1ccc(C(F)(F)F)n1. The Morgan fingerprint density at radius 1 is 0.952 bits per heavy atom. The van der Waals surface area contributed by atoms with Crippen LogP contribution >= 0.6 is 0 Å². The number of hydrogen-bond acceptors (Lipinski definition) is 4. The summed E-state index contributed by atoms with van der Waals surface area (Å²) in [5, 5.41) is 5.77. The molecule has 2 rings (SSSR count). The minimum atomic E-state index is -4.76. The molecule has 0 atom stereocenters. The second kappa shape index (κ2) is 4.79. The van der Waals surface area contributed by atoms with E-state index in [-0.39, 0.29) is 9.53 Å². The van der Waals surface area contributed by atoms with E-state index in [1.165, 1.54) is 0 Å². The average Bonchev–Trinajstić information content (AvgIpc) is 2.94. The number of aromatic nitrogens is 4. The topological polar surface area (TPSA) is 61.9 Å². The van der Waals surface area contributed by atoms with Crippen LogP contribution in [0.1, 0.15) is 11.4 Å². The number of rotatable bonds is 1. The maximum absolute atomic E-state index is 12.3. The zero-order valence-corrected chi connectivity index (χ0v) is 9.68. The molecule has 0 saturated heterocycles. The van der Waals surface area contributed by atoms with Crippen LogP contribution in [0.5, 0.6) is 0 Å². The van der Waals surface area contributed by atoms with Crippen LogP contribution in [-0.2, 0) is 12.4 Å². The molecule has 0 aliphatic carbocycles. The molecule has 0 spiro atoms. The van der Waals surface area contributed by atoms with Crippen LogP contribution in [0.15, 0.2) is 24.5 Å². The van der Waals surface area contributed by atoms with Crippen molar-refractivity contribution in [3.8, 4) is 0 Å². The van der Waals surface area contributed by atoms with Crippen molar-refractivity contribution in [1.82, 2.24) is 19.7 Å². The van der Waals surface area contributed by atoms with Crippen molar-refractivity contribution >= 4 is 6.09 Å². The predicted octanol–water partition coefficient (Wildman–Crippen LogP) is 2.21. The Kier molecular flexibility index (Phi) is 3.39. The Hall–Kier alpha value is -2.53. The van der Waals surface area contributed by atoms with Crippen LogP contribution in [0.3, 0.4) is 0 Å². The first-order valence-corrected chi connectivity index (χ1v) is 5.06. The molecule has 0 fully saturated rings. The largest absolute Gasteiger partial charge is 0.460 e. The monoisotopic (exact) mass is 314 g/mol. The van der Waals surface area contributed by atoms with E-state index in [1.54, 1.807) is 0 Å². The summed E-state index contributed by atoms with van der Waals surface area (Å²) in [6.07, 6.45) is -9.64. The number of halogens is 6. The fourth-order valence-electron chi connectivity index (χ4n) is 1.21. The van der Waals surface area contributed by atoms with Gasteiger partial charge in [-0.2, -0.15) is 36.1 Å². The summed E-state index contributed by atoms with van der Waals surface area (Å²) in [5.74, 6) is 0. The molecular weight excluding hydrogens is 310 g/mol. The lowest BCUT2D eigenvalue weighted by Crippen LogP contribution is -2.26. The highest BCUT2D eigenvalue weighted by Gasteiger charge is 2.35. The standard InChI is InChI=1S/C9H4F6N4O2/c10-8(11,12)5-1-3-18(16-5)7(20)21-19-4-2-6(17-19)9(13,14)15/h1-4H. The summed E-state index contributed by atoms with van der Waals surface area (Å²) in [7, 11) is 0. The fraction of sp³-hybridized carbons (Fsp3) is 0.222. The van der Waals surface area contributed by atoms with E-state index in [1.807, 2.05) is 0 Å². The van der Waals surface area contributed by atoms with Gasteiger partial charge in [0.15, 0.2) is 11.4 Å². The molecule has 114 valence electrons. The van der Waals surface area contributed by atoms with Gasteiger partial charge in [0.25, 0.3) is 0 Å². The van der Waals surface area contributed by atoms with Crippen molar-refractivity contribution in [1.29, 1.82) is 0 Å². The van der Waals surface area contributed by atoms with Crippen LogP contribution in [0, 0.1) is 0 Å². The van der Waals surface area contributed by atoms with E-state index in [4.69, 9.17) is 0 Å². The Balaban J connectivity index is 2.11. The number of nitrogens with zero attached hydrogens (tertiary/aromatic N) is 4. The van der Waals surface area contributed by atoms with Crippen molar-refractivity contribution in [3.63, 3.8) is 0 Å². The molecule has 2 aromatic heterocycles. The summed E-state index contributed by atoms with van der Waals surface area (Å²) in [6.45, 7) is 0. The number of hydrogen-bond donors (Lipinski definition) is 0. The molecule has 0 saturated carbocycles. The van der Waals surface area contributed by atoms with Gasteiger partial charge in [0.1, 0.15) is 0 Å². The van der Waals surface area contributed by atoms with Gasteiger partial charge < -0.3 is 0 Å². The van der Waals surface area contributed by atoms with Gasteiger partial charge in [0, 0.05) is 6.20 Å². The molecule has 0 aliphatic heterocycles. The molecule has 6 nitrogen and oxygen atoms in total. The second-order valence-corrected chi connectivity index (χ2v) is 3.60. The number of carbonyl (C=O) groups is 1. The molecule has 0 radical (unpaired) electrons. The molecule has 2 heterocycles. The van der Waals surface area contributed by atoms with Crippen molar-refractivity contribution in [2.24, 2.45) is 0 Å². The van der Waals surface area contributed by atoms with Crippen LogP contribution in [-0.4, -0.2) is 25.8 Å². The quantitative estimate of drug-likeness (QED) is 0.757. The van der Waals surface area contributed by atoms with Gasteiger partial charge in [-0.1, -0.05) is 4.85 Å². The van der Waals surface area contributed by atoms with Crippen molar-refractivity contribution in [3.05, 3.63) is 35.9 Å². The molecular formula is C9H4F6N4O2. The Morgan fingerprint density at radius 2 is 1.48 bits per heavy atom. The lowest BCUT2D eigenvalue weighted by molar-refractivity contribution is -0.143. The minimum absolute atomic E-state index is 0.167. The Bertz CT molecular complexity index is 656. The van der Waals surface area contributed by atoms with E-state index in [0.29, 0.717) is 24.5 Å². The molecule has 0 amide bonds. The number of alkyl halides is 6. The molecule has 0 bridgehead atoms. The molecule has 0 N–H and O–H groups in total. The first kappa shape index (κ1) is 14.9. The Morgan fingerprint density at radius 3 is 1.95 bits per heavy atom. The molecule has 0 unspecified atom stereocenters. The highest BCUT2D eigenvalue weighted by molar-refractivity contribution is 5.69. The van der Waals surface area contributed by atoms with Crippen molar-refractivity contribution < 1.29 is 36.0 Å². The van der Waals surface area contributed by atoms with E-state index >= 15 is 0 Å². The lowest BCUT2D eigenvalue weighted by Gasteiger charge is -2.03. The maximum atomic E-state index is 12.3. The normalized spacial score (nSPS) is 12.5. The first-order valence-electron chi connectivity index (χ1n) is 5.06. The van der Waals surface area contributed by atoms with Crippen LogP contribution in [0.2, 0.25) is 0 Å². The maximum Gasteiger partial charge on any atom is 0.460 e. The summed E-state index contributed by atoms with van der Waals surface area (Å²) in [5.41, 5.74) is -2.68. The smallest absolute Gasteiger partial charge is 0.297 e. The van der Waals surface area contributed by atoms with Gasteiger partial charge in [0.05, 0.1) is 6.20 Å². The fourth-order valence-corrected chi connectivity index (χ4v) is 1.21. The average molecular weight is 314 g/mol. The van der Waals surface area contributed by atoms with Gasteiger partial charge in [-0.15, -0.1) is 5.10 Å². The molecule has 21 heavy (non-hydrogen) atoms. The van der Waals surface area contributed by atoms with Gasteiger partial charge in [-0.3, -0.25) is 4.84 Å². The van der Waals surface area contributed by atoms with Crippen molar-refractivity contribution in [2.75, 3.05) is 0 Å². The first-order chi connectivity index (χ1) is 9.57. The lowest BCUT2D eigenvalue weighted by atomic mass is 10.4. The summed E-state index contributed by atoms with van der Waals surface area (Å²) in [6, 6.07) is 1.03. The van der Waals surface area contributed by atoms with Crippen molar-refractivity contribution in [2.45, 2.75) is 12.4 Å².